The van der Waals surface area contributed by atoms with Crippen molar-refractivity contribution in [1.29, 1.82) is 0 Å². The molecule has 1 saturated carbocycles. The molecule has 1 aliphatic carbocycles. The molecule has 2 aliphatic heterocycles. The molecule has 2 heterocycles. The third-order valence-electron chi connectivity index (χ3n) is 3.70. The molecule has 0 aromatic heterocycles. The number of hydrogen-bond acceptors (Lipinski definition) is 4. The fourth-order valence-corrected chi connectivity index (χ4v) is 2.37. The second-order valence-corrected chi connectivity index (χ2v) is 6.35. The zero-order valence-electron chi connectivity index (χ0n) is 10.9. The fraction of sp³-hybridized carbons (Fsp3) is 0.846. The van der Waals surface area contributed by atoms with Crippen molar-refractivity contribution in [3.63, 3.8) is 0 Å². The van der Waals surface area contributed by atoms with Gasteiger partial charge in [-0.3, -0.25) is 9.59 Å². The van der Waals surface area contributed by atoms with Crippen molar-refractivity contribution in [2.45, 2.75) is 58.7 Å². The van der Waals surface area contributed by atoms with E-state index in [1.807, 2.05) is 27.7 Å². The maximum Gasteiger partial charge on any atom is 0.311 e. The van der Waals surface area contributed by atoms with Gasteiger partial charge in [0.2, 0.25) is 0 Å². The average molecular weight is 240 g/mol. The molecular formula is C13H20O4. The fourth-order valence-electron chi connectivity index (χ4n) is 2.37. The van der Waals surface area contributed by atoms with Crippen LogP contribution in [0.2, 0.25) is 0 Å². The van der Waals surface area contributed by atoms with E-state index in [4.69, 9.17) is 9.47 Å². The summed E-state index contributed by atoms with van der Waals surface area (Å²) >= 11 is 0. The van der Waals surface area contributed by atoms with E-state index in [1.165, 1.54) is 0 Å². The zero-order chi connectivity index (χ0) is 12.8. The molecule has 0 radical (unpaired) electrons. The second kappa shape index (κ2) is 3.72. The molecule has 3 aliphatic rings. The van der Waals surface area contributed by atoms with Crippen LogP contribution in [0.3, 0.4) is 0 Å². The summed E-state index contributed by atoms with van der Waals surface area (Å²) in [7, 11) is 0. The van der Waals surface area contributed by atoms with Crippen LogP contribution in [0.5, 0.6) is 0 Å². The Morgan fingerprint density at radius 1 is 1.47 bits per heavy atom. The van der Waals surface area contributed by atoms with Gasteiger partial charge in [0.15, 0.2) is 0 Å². The molecule has 2 saturated heterocycles. The monoisotopic (exact) mass is 240 g/mol. The standard InChI is InChI=1S/C13H20O4/c1-12(2,3)11(15)16-9-7-8-5-6-13(9,4)17-10(8)14/h8-9H,5-7H2,1-4H3. The maximum atomic E-state index is 11.9. The molecule has 0 aromatic carbocycles. The topological polar surface area (TPSA) is 52.6 Å². The molecular weight excluding hydrogens is 220 g/mol. The Labute approximate surface area is 102 Å². The summed E-state index contributed by atoms with van der Waals surface area (Å²) in [5.41, 5.74) is -1.14. The molecule has 0 amide bonds. The Balaban J connectivity index is 2.09. The summed E-state index contributed by atoms with van der Waals surface area (Å²) in [4.78, 5) is 23.4. The highest BCUT2D eigenvalue weighted by atomic mass is 16.6. The average Bonchev–Trinajstić information content (AvgIpc) is 2.18. The summed E-state index contributed by atoms with van der Waals surface area (Å²) in [6, 6.07) is 0. The van der Waals surface area contributed by atoms with Crippen molar-refractivity contribution < 1.29 is 19.1 Å². The van der Waals surface area contributed by atoms with Gasteiger partial charge >= 0.3 is 11.9 Å². The number of rotatable bonds is 1. The number of carbonyl (C=O) groups is 2. The van der Waals surface area contributed by atoms with Crippen molar-refractivity contribution in [3.05, 3.63) is 0 Å². The largest absolute Gasteiger partial charge is 0.458 e. The summed E-state index contributed by atoms with van der Waals surface area (Å²) in [5, 5.41) is 0. The van der Waals surface area contributed by atoms with Gasteiger partial charge in [-0.05, 0) is 40.5 Å². The van der Waals surface area contributed by atoms with Crippen LogP contribution in [-0.2, 0) is 19.1 Å². The van der Waals surface area contributed by atoms with Crippen LogP contribution >= 0.6 is 0 Å². The SMILES string of the molecule is CC(C)(C)C(=O)OC1CC2CCC1(C)OC2=O. The molecule has 2 bridgehead atoms. The summed E-state index contributed by atoms with van der Waals surface area (Å²) in [6.07, 6.45) is 1.95. The van der Waals surface area contributed by atoms with Crippen LogP contribution in [0.4, 0.5) is 0 Å². The van der Waals surface area contributed by atoms with Gasteiger partial charge in [0.25, 0.3) is 0 Å². The molecule has 3 fully saturated rings. The minimum absolute atomic E-state index is 0.0883. The van der Waals surface area contributed by atoms with Gasteiger partial charge in [-0.1, -0.05) is 0 Å². The number of ether oxygens (including phenoxy) is 2. The Morgan fingerprint density at radius 3 is 2.59 bits per heavy atom. The Kier molecular flexibility index (Phi) is 2.71. The van der Waals surface area contributed by atoms with Crippen LogP contribution < -0.4 is 0 Å². The summed E-state index contributed by atoms with van der Waals surface area (Å²) < 4.78 is 10.9. The van der Waals surface area contributed by atoms with Crippen molar-refractivity contribution in [2.75, 3.05) is 0 Å². The first-order chi connectivity index (χ1) is 7.72. The van der Waals surface area contributed by atoms with Gasteiger partial charge in [0, 0.05) is 6.42 Å². The van der Waals surface area contributed by atoms with Crippen LogP contribution in [-0.4, -0.2) is 23.6 Å². The van der Waals surface area contributed by atoms with E-state index in [2.05, 4.69) is 0 Å². The van der Waals surface area contributed by atoms with E-state index < -0.39 is 11.0 Å². The predicted molar refractivity (Wildman–Crippen MR) is 61.2 cm³/mol. The van der Waals surface area contributed by atoms with Gasteiger partial charge < -0.3 is 9.47 Å². The number of carbonyl (C=O) groups excluding carboxylic acids is 2. The molecule has 17 heavy (non-hydrogen) atoms. The lowest BCUT2D eigenvalue weighted by atomic mass is 9.74. The van der Waals surface area contributed by atoms with Gasteiger partial charge in [0.05, 0.1) is 11.3 Å². The molecule has 3 rings (SSSR count). The molecule has 96 valence electrons. The predicted octanol–water partition coefficient (Wildman–Crippen LogP) is 2.06. The van der Waals surface area contributed by atoms with Crippen LogP contribution in [0, 0.1) is 11.3 Å². The zero-order valence-corrected chi connectivity index (χ0v) is 10.9. The minimum atomic E-state index is -0.618. The Bertz CT molecular complexity index is 355. The van der Waals surface area contributed by atoms with Crippen LogP contribution in [0.1, 0.15) is 47.0 Å². The van der Waals surface area contributed by atoms with Crippen molar-refractivity contribution in [3.8, 4) is 0 Å². The lowest BCUT2D eigenvalue weighted by Gasteiger charge is -2.48. The molecule has 3 atom stereocenters. The van der Waals surface area contributed by atoms with Gasteiger partial charge in [0.1, 0.15) is 11.7 Å². The molecule has 4 heteroatoms. The third-order valence-corrected chi connectivity index (χ3v) is 3.70. The van der Waals surface area contributed by atoms with E-state index >= 15 is 0 Å². The van der Waals surface area contributed by atoms with E-state index in [1.54, 1.807) is 0 Å². The van der Waals surface area contributed by atoms with Crippen LogP contribution in [0.15, 0.2) is 0 Å². The van der Waals surface area contributed by atoms with E-state index in [0.717, 1.165) is 12.8 Å². The smallest absolute Gasteiger partial charge is 0.311 e. The quantitative estimate of drug-likeness (QED) is 0.658. The molecule has 4 nitrogen and oxygen atoms in total. The van der Waals surface area contributed by atoms with E-state index in [-0.39, 0.29) is 24.0 Å². The Hall–Kier alpha value is -1.06. The van der Waals surface area contributed by atoms with Crippen molar-refractivity contribution in [1.82, 2.24) is 0 Å². The van der Waals surface area contributed by atoms with Gasteiger partial charge in [-0.2, -0.15) is 0 Å². The normalized spacial score (nSPS) is 36.6. The maximum absolute atomic E-state index is 11.9. The summed E-state index contributed by atoms with van der Waals surface area (Å²) in [5.74, 6) is -0.455. The molecule has 0 spiro atoms. The third kappa shape index (κ3) is 2.17. The highest BCUT2D eigenvalue weighted by Gasteiger charge is 2.53. The van der Waals surface area contributed by atoms with Crippen molar-refractivity contribution >= 4 is 11.9 Å². The first kappa shape index (κ1) is 12.4. The van der Waals surface area contributed by atoms with E-state index in [0.29, 0.717) is 6.42 Å². The highest BCUT2D eigenvalue weighted by molar-refractivity contribution is 5.77. The highest BCUT2D eigenvalue weighted by Crippen LogP contribution is 2.43. The first-order valence-corrected chi connectivity index (χ1v) is 6.16. The molecule has 0 N–H and O–H groups in total. The molecule has 0 aromatic rings. The van der Waals surface area contributed by atoms with E-state index in [9.17, 15) is 9.59 Å². The van der Waals surface area contributed by atoms with Gasteiger partial charge in [-0.25, -0.2) is 0 Å². The summed E-state index contributed by atoms with van der Waals surface area (Å²) in [6.45, 7) is 7.33. The molecule has 3 unspecified atom stereocenters. The number of esters is 2. The van der Waals surface area contributed by atoms with Crippen LogP contribution in [0.25, 0.3) is 0 Å². The van der Waals surface area contributed by atoms with Gasteiger partial charge in [-0.15, -0.1) is 0 Å². The number of fused-ring (bicyclic) bond motifs is 3. The second-order valence-electron chi connectivity index (χ2n) is 6.35. The Morgan fingerprint density at radius 2 is 2.12 bits per heavy atom. The lowest BCUT2D eigenvalue weighted by molar-refractivity contribution is -0.221. The number of hydrogen-bond donors (Lipinski definition) is 0. The van der Waals surface area contributed by atoms with Crippen molar-refractivity contribution in [2.24, 2.45) is 11.3 Å². The first-order valence-electron chi connectivity index (χ1n) is 6.16. The minimum Gasteiger partial charge on any atom is -0.458 e. The lowest BCUT2D eigenvalue weighted by Crippen LogP contribution is -2.57.